The van der Waals surface area contributed by atoms with Gasteiger partial charge in [-0.2, -0.15) is 32.8 Å². The molecule has 0 spiro atoms. The Hall–Kier alpha value is -2.69. The van der Waals surface area contributed by atoms with Crippen LogP contribution >= 0.6 is 11.6 Å². The summed E-state index contributed by atoms with van der Waals surface area (Å²) in [5, 5.41) is 5.33. The van der Waals surface area contributed by atoms with Crippen LogP contribution in [0.15, 0.2) is 18.5 Å². The van der Waals surface area contributed by atoms with Gasteiger partial charge in [0.05, 0.1) is 18.2 Å². The molecule has 0 aliphatic heterocycles. The highest BCUT2D eigenvalue weighted by molar-refractivity contribution is 6.33. The summed E-state index contributed by atoms with van der Waals surface area (Å²) in [5.74, 6) is -2.85. The van der Waals surface area contributed by atoms with Crippen molar-refractivity contribution in [2.75, 3.05) is 19.0 Å². The maximum atomic E-state index is 14.4. The minimum absolute atomic E-state index is 0.112. The lowest BCUT2D eigenvalue weighted by atomic mass is 10.1. The van der Waals surface area contributed by atoms with Crippen molar-refractivity contribution in [1.82, 2.24) is 19.6 Å². The van der Waals surface area contributed by atoms with E-state index in [0.29, 0.717) is 0 Å². The summed E-state index contributed by atoms with van der Waals surface area (Å²) < 4.78 is 72.4. The van der Waals surface area contributed by atoms with Gasteiger partial charge in [0.15, 0.2) is 0 Å². The quantitative estimate of drug-likeness (QED) is 0.541. The Morgan fingerprint density at radius 3 is 2.42 bits per heavy atom. The number of nitrogens with zero attached hydrogens (tertiary/aromatic N) is 4. The first-order valence-electron chi connectivity index (χ1n) is 6.94. The van der Waals surface area contributed by atoms with Crippen LogP contribution in [0, 0.1) is 11.6 Å². The van der Waals surface area contributed by atoms with E-state index in [1.807, 2.05) is 0 Å². The Labute approximate surface area is 147 Å². The van der Waals surface area contributed by atoms with Gasteiger partial charge in [-0.3, -0.25) is 0 Å². The van der Waals surface area contributed by atoms with Gasteiger partial charge in [0.25, 0.3) is 5.78 Å². The molecule has 0 aliphatic rings. The van der Waals surface area contributed by atoms with Gasteiger partial charge in [-0.15, -0.1) is 0 Å². The molecule has 3 aromatic rings. The van der Waals surface area contributed by atoms with E-state index in [1.165, 1.54) is 7.11 Å². The summed E-state index contributed by atoms with van der Waals surface area (Å²) in [4.78, 5) is 7.53. The largest absolute Gasteiger partial charge is 0.497 e. The number of benzene rings is 1. The molecule has 0 amide bonds. The number of hydrogen-bond acceptors (Lipinski definition) is 5. The van der Waals surface area contributed by atoms with E-state index in [2.05, 4.69) is 20.4 Å². The normalized spacial score (nSPS) is 11.8. The van der Waals surface area contributed by atoms with Crippen LogP contribution in [-0.2, 0) is 0 Å². The van der Waals surface area contributed by atoms with Crippen LogP contribution in [0.25, 0.3) is 16.9 Å². The molecule has 12 heteroatoms. The molecule has 0 aliphatic carbocycles. The summed E-state index contributed by atoms with van der Waals surface area (Å²) in [6.07, 6.45) is -3.58. The molecule has 0 unspecified atom stereocenters. The topological polar surface area (TPSA) is 64.3 Å². The van der Waals surface area contributed by atoms with Gasteiger partial charge in [0.1, 0.15) is 41.2 Å². The van der Waals surface area contributed by atoms with Crippen LogP contribution in [0.1, 0.15) is 0 Å². The Kier molecular flexibility index (Phi) is 4.57. The fourth-order valence-corrected chi connectivity index (χ4v) is 2.55. The SMILES string of the molecule is COc1cc(F)c(-c2c(Cl)nc3ncnn3c2NCC(F)(F)F)c(F)c1. The average Bonchev–Trinajstić information content (AvgIpc) is 3.00. The van der Waals surface area contributed by atoms with Crippen LogP contribution in [0.4, 0.5) is 27.8 Å². The number of nitrogens with one attached hydrogen (secondary N) is 1. The zero-order valence-electron chi connectivity index (χ0n) is 12.9. The molecule has 0 atom stereocenters. The molecule has 0 saturated carbocycles. The number of anilines is 1. The highest BCUT2D eigenvalue weighted by Crippen LogP contribution is 2.39. The fraction of sp³-hybridized carbons (Fsp3) is 0.214. The van der Waals surface area contributed by atoms with Crippen molar-refractivity contribution in [3.8, 4) is 16.9 Å². The molecule has 0 bridgehead atoms. The molecule has 26 heavy (non-hydrogen) atoms. The predicted octanol–water partition coefficient (Wildman–Crippen LogP) is 3.71. The molecule has 3 rings (SSSR count). The smallest absolute Gasteiger partial charge is 0.405 e. The number of alkyl halides is 3. The molecule has 0 radical (unpaired) electrons. The zero-order valence-corrected chi connectivity index (χ0v) is 13.7. The summed E-state index contributed by atoms with van der Waals surface area (Å²) in [5.41, 5.74) is -1.10. The van der Waals surface area contributed by atoms with E-state index >= 15 is 0 Å². The van der Waals surface area contributed by atoms with Crippen LogP contribution in [0.5, 0.6) is 5.75 Å². The van der Waals surface area contributed by atoms with E-state index in [0.717, 1.165) is 23.0 Å². The van der Waals surface area contributed by atoms with E-state index in [1.54, 1.807) is 0 Å². The number of hydrogen-bond donors (Lipinski definition) is 1. The lowest BCUT2D eigenvalue weighted by Crippen LogP contribution is -2.23. The van der Waals surface area contributed by atoms with Crippen molar-refractivity contribution in [3.05, 3.63) is 35.2 Å². The second kappa shape index (κ2) is 6.56. The third kappa shape index (κ3) is 3.34. The number of aromatic nitrogens is 4. The second-order valence-electron chi connectivity index (χ2n) is 5.03. The minimum Gasteiger partial charge on any atom is -0.497 e. The van der Waals surface area contributed by atoms with E-state index < -0.39 is 46.5 Å². The van der Waals surface area contributed by atoms with Crippen LogP contribution in [-0.4, -0.2) is 39.4 Å². The Morgan fingerprint density at radius 2 is 1.85 bits per heavy atom. The van der Waals surface area contributed by atoms with Crippen molar-refractivity contribution in [1.29, 1.82) is 0 Å². The number of methoxy groups -OCH3 is 1. The van der Waals surface area contributed by atoms with Crippen LogP contribution in [0.2, 0.25) is 5.15 Å². The van der Waals surface area contributed by atoms with Crippen molar-refractivity contribution in [2.24, 2.45) is 0 Å². The number of fused-ring (bicyclic) bond motifs is 1. The number of halogens is 6. The molecule has 138 valence electrons. The Bertz CT molecular complexity index is 951. The minimum atomic E-state index is -4.60. The maximum Gasteiger partial charge on any atom is 0.405 e. The van der Waals surface area contributed by atoms with E-state index in [4.69, 9.17) is 16.3 Å². The molecule has 0 fully saturated rings. The summed E-state index contributed by atoms with van der Waals surface area (Å²) in [6.45, 7) is -1.49. The molecular weight excluding hydrogens is 385 g/mol. The standard InChI is InChI=1S/C14H9ClF5N5O/c1-26-6-2-7(16)9(8(17)3-6)10-11(15)24-13-22-5-23-25(13)12(10)21-4-14(18,19)20/h2-3,5,21H,4H2,1H3. The van der Waals surface area contributed by atoms with Crippen LogP contribution < -0.4 is 10.1 Å². The molecule has 6 nitrogen and oxygen atoms in total. The van der Waals surface area contributed by atoms with Crippen molar-refractivity contribution in [3.63, 3.8) is 0 Å². The van der Waals surface area contributed by atoms with Gasteiger partial charge < -0.3 is 10.1 Å². The fourth-order valence-electron chi connectivity index (χ4n) is 2.29. The highest BCUT2D eigenvalue weighted by Gasteiger charge is 2.30. The first-order valence-corrected chi connectivity index (χ1v) is 7.32. The third-order valence-electron chi connectivity index (χ3n) is 3.34. The summed E-state index contributed by atoms with van der Waals surface area (Å²) >= 11 is 5.99. The summed E-state index contributed by atoms with van der Waals surface area (Å²) in [7, 11) is 1.21. The highest BCUT2D eigenvalue weighted by atomic mass is 35.5. The first-order chi connectivity index (χ1) is 12.2. The van der Waals surface area contributed by atoms with E-state index in [9.17, 15) is 22.0 Å². The number of rotatable bonds is 4. The molecule has 2 heterocycles. The summed E-state index contributed by atoms with van der Waals surface area (Å²) in [6, 6.07) is 1.74. The van der Waals surface area contributed by atoms with Crippen molar-refractivity contribution >= 4 is 23.2 Å². The monoisotopic (exact) mass is 393 g/mol. The molecule has 1 aromatic carbocycles. The second-order valence-corrected chi connectivity index (χ2v) is 5.39. The van der Waals surface area contributed by atoms with Gasteiger partial charge in [-0.05, 0) is 0 Å². The first kappa shape index (κ1) is 18.1. The molecular formula is C14H9ClF5N5O. The lowest BCUT2D eigenvalue weighted by molar-refractivity contribution is -0.115. The predicted molar refractivity (Wildman–Crippen MR) is 82.2 cm³/mol. The van der Waals surface area contributed by atoms with Gasteiger partial charge in [-0.1, -0.05) is 11.6 Å². The van der Waals surface area contributed by atoms with Crippen molar-refractivity contribution < 1.29 is 26.7 Å². The lowest BCUT2D eigenvalue weighted by Gasteiger charge is -2.17. The van der Waals surface area contributed by atoms with Crippen molar-refractivity contribution in [2.45, 2.75) is 6.18 Å². The number of ether oxygens (including phenoxy) is 1. The maximum absolute atomic E-state index is 14.4. The van der Waals surface area contributed by atoms with Gasteiger partial charge >= 0.3 is 6.18 Å². The average molecular weight is 394 g/mol. The molecule has 2 aromatic heterocycles. The molecule has 0 saturated heterocycles. The Balaban J connectivity index is 2.27. The van der Waals surface area contributed by atoms with Gasteiger partial charge in [0, 0.05) is 12.1 Å². The zero-order chi connectivity index (χ0) is 19.1. The van der Waals surface area contributed by atoms with Gasteiger partial charge in [0.2, 0.25) is 0 Å². The third-order valence-corrected chi connectivity index (χ3v) is 3.61. The van der Waals surface area contributed by atoms with E-state index in [-0.39, 0.29) is 11.5 Å². The van der Waals surface area contributed by atoms with Gasteiger partial charge in [-0.25, -0.2) is 8.78 Å². The van der Waals surface area contributed by atoms with Crippen LogP contribution in [0.3, 0.4) is 0 Å². The Morgan fingerprint density at radius 1 is 1.19 bits per heavy atom. The molecule has 1 N–H and O–H groups in total.